The summed E-state index contributed by atoms with van der Waals surface area (Å²) < 4.78 is 5.18. The van der Waals surface area contributed by atoms with Crippen molar-refractivity contribution in [1.82, 2.24) is 4.90 Å². The minimum atomic E-state index is -0.692. The smallest absolute Gasteiger partial charge is 0.329 e. The topological polar surface area (TPSA) is 46.6 Å². The largest absolute Gasteiger partial charge is 0.464 e. The first-order valence-electron chi connectivity index (χ1n) is 8.73. The third-order valence-electron chi connectivity index (χ3n) is 4.31. The number of likely N-dealkylation sites (N-methyl/N-ethyl adjacent to an activating group) is 1. The van der Waals surface area contributed by atoms with Gasteiger partial charge in [0.05, 0.1) is 23.1 Å². The predicted octanol–water partition coefficient (Wildman–Crippen LogP) is 4.48. The molecule has 2 aromatic carbocycles. The Morgan fingerprint density at radius 2 is 1.67 bits per heavy atom. The van der Waals surface area contributed by atoms with Crippen LogP contribution in [0.5, 0.6) is 0 Å². The highest BCUT2D eigenvalue weighted by atomic mass is 35.5. The average Bonchev–Trinajstić information content (AvgIpc) is 2.64. The summed E-state index contributed by atoms with van der Waals surface area (Å²) >= 11 is 11.9. The Morgan fingerprint density at radius 1 is 1.04 bits per heavy atom. The third kappa shape index (κ3) is 5.98. The summed E-state index contributed by atoms with van der Waals surface area (Å²) in [5, 5.41) is 0.830. The van der Waals surface area contributed by atoms with Gasteiger partial charge in [0.15, 0.2) is 0 Å². The van der Waals surface area contributed by atoms with E-state index >= 15 is 0 Å². The number of halogens is 2. The van der Waals surface area contributed by atoms with Gasteiger partial charge in [-0.3, -0.25) is 4.79 Å². The molecule has 27 heavy (non-hydrogen) atoms. The molecule has 1 atom stereocenters. The van der Waals surface area contributed by atoms with Crippen LogP contribution in [0.4, 0.5) is 0 Å². The van der Waals surface area contributed by atoms with Gasteiger partial charge in [-0.15, -0.1) is 0 Å². The molecule has 0 heterocycles. The van der Waals surface area contributed by atoms with Crippen LogP contribution in [0.1, 0.15) is 23.6 Å². The van der Waals surface area contributed by atoms with E-state index in [1.165, 1.54) is 4.90 Å². The van der Waals surface area contributed by atoms with Crippen molar-refractivity contribution < 1.29 is 14.3 Å². The monoisotopic (exact) mass is 407 g/mol. The third-order valence-corrected chi connectivity index (χ3v) is 5.05. The lowest BCUT2D eigenvalue weighted by atomic mass is 10.0. The number of hydrogen-bond donors (Lipinski definition) is 0. The van der Waals surface area contributed by atoms with Crippen molar-refractivity contribution in [2.24, 2.45) is 0 Å². The van der Waals surface area contributed by atoms with Gasteiger partial charge in [-0.25, -0.2) is 4.79 Å². The number of hydrogen-bond acceptors (Lipinski definition) is 3. The minimum absolute atomic E-state index is 0.122. The van der Waals surface area contributed by atoms with Crippen LogP contribution in [-0.2, 0) is 27.2 Å². The molecule has 0 aliphatic heterocycles. The maximum Gasteiger partial charge on any atom is 0.329 e. The maximum absolute atomic E-state index is 12.7. The van der Waals surface area contributed by atoms with Gasteiger partial charge in [-0.05, 0) is 37.1 Å². The van der Waals surface area contributed by atoms with Crippen molar-refractivity contribution in [3.05, 3.63) is 69.2 Å². The number of ether oxygens (including phenoxy) is 1. The fourth-order valence-electron chi connectivity index (χ4n) is 2.69. The molecule has 0 aliphatic carbocycles. The molecule has 0 N–H and O–H groups in total. The summed E-state index contributed by atoms with van der Waals surface area (Å²) in [6.07, 6.45) is 0.514. The summed E-state index contributed by atoms with van der Waals surface area (Å²) in [6, 6.07) is 12.3. The second-order valence-corrected chi connectivity index (χ2v) is 7.20. The Bertz CT molecular complexity index is 806. The molecule has 0 saturated heterocycles. The van der Waals surface area contributed by atoms with E-state index in [4.69, 9.17) is 27.9 Å². The van der Waals surface area contributed by atoms with Gasteiger partial charge in [0.25, 0.3) is 0 Å². The highest BCUT2D eigenvalue weighted by molar-refractivity contribution is 6.42. The van der Waals surface area contributed by atoms with Crippen molar-refractivity contribution >= 4 is 35.1 Å². The predicted molar refractivity (Wildman–Crippen MR) is 108 cm³/mol. The van der Waals surface area contributed by atoms with Gasteiger partial charge in [0.2, 0.25) is 5.91 Å². The van der Waals surface area contributed by atoms with Crippen molar-refractivity contribution in [1.29, 1.82) is 0 Å². The quantitative estimate of drug-likeness (QED) is 0.635. The zero-order valence-electron chi connectivity index (χ0n) is 15.7. The van der Waals surface area contributed by atoms with Crippen molar-refractivity contribution in [2.45, 2.75) is 32.7 Å². The highest BCUT2D eigenvalue weighted by Gasteiger charge is 2.28. The Balaban J connectivity index is 2.16. The molecule has 0 radical (unpaired) electrons. The zero-order valence-corrected chi connectivity index (χ0v) is 17.2. The van der Waals surface area contributed by atoms with Crippen LogP contribution in [0.3, 0.4) is 0 Å². The van der Waals surface area contributed by atoms with Gasteiger partial charge in [-0.2, -0.15) is 0 Å². The summed E-state index contributed by atoms with van der Waals surface area (Å²) in [4.78, 5) is 26.6. The lowest BCUT2D eigenvalue weighted by molar-refractivity contribution is -0.153. The molecule has 4 nitrogen and oxygen atoms in total. The molecular formula is C21H23Cl2NO3. The van der Waals surface area contributed by atoms with Crippen LogP contribution in [0, 0.1) is 6.92 Å². The molecular weight excluding hydrogens is 385 g/mol. The molecule has 2 aromatic rings. The highest BCUT2D eigenvalue weighted by Crippen LogP contribution is 2.23. The van der Waals surface area contributed by atoms with E-state index in [2.05, 4.69) is 0 Å². The molecule has 0 fully saturated rings. The van der Waals surface area contributed by atoms with Gasteiger partial charge < -0.3 is 9.64 Å². The molecule has 6 heteroatoms. The fraction of sp³-hybridized carbons (Fsp3) is 0.333. The first kappa shape index (κ1) is 21.3. The number of carbonyl (C=O) groups excluding carboxylic acids is 2. The van der Waals surface area contributed by atoms with Crippen molar-refractivity contribution in [3.63, 3.8) is 0 Å². The average molecular weight is 408 g/mol. The number of amides is 1. The number of nitrogens with zero attached hydrogens (tertiary/aromatic N) is 1. The van der Waals surface area contributed by atoms with Gasteiger partial charge in [0, 0.05) is 13.5 Å². The number of aryl methyl sites for hydroxylation is 1. The molecule has 0 bridgehead atoms. The second kappa shape index (κ2) is 9.77. The summed E-state index contributed by atoms with van der Waals surface area (Å²) in [6.45, 7) is 4.01. The van der Waals surface area contributed by atoms with Gasteiger partial charge in [0.1, 0.15) is 6.04 Å². The SMILES string of the molecule is CCOC(=O)C(Cc1ccc(C)cc1)N(C)C(=O)Cc1ccc(Cl)c(Cl)c1. The second-order valence-electron chi connectivity index (χ2n) is 6.39. The number of rotatable bonds is 7. The van der Waals surface area contributed by atoms with Crippen LogP contribution < -0.4 is 0 Å². The van der Waals surface area contributed by atoms with E-state index in [9.17, 15) is 9.59 Å². The number of carbonyl (C=O) groups is 2. The lowest BCUT2D eigenvalue weighted by Crippen LogP contribution is -2.45. The van der Waals surface area contributed by atoms with Crippen LogP contribution in [0.15, 0.2) is 42.5 Å². The van der Waals surface area contributed by atoms with E-state index in [-0.39, 0.29) is 18.9 Å². The van der Waals surface area contributed by atoms with Crippen LogP contribution in [-0.4, -0.2) is 36.5 Å². The van der Waals surface area contributed by atoms with Crippen LogP contribution in [0.2, 0.25) is 10.0 Å². The molecule has 1 amide bonds. The molecule has 2 rings (SSSR count). The first-order chi connectivity index (χ1) is 12.8. The molecule has 0 aliphatic rings. The Kier molecular flexibility index (Phi) is 7.69. The van der Waals surface area contributed by atoms with E-state index in [1.54, 1.807) is 32.2 Å². The van der Waals surface area contributed by atoms with Gasteiger partial charge >= 0.3 is 5.97 Å². The van der Waals surface area contributed by atoms with E-state index < -0.39 is 12.0 Å². The van der Waals surface area contributed by atoms with Crippen molar-refractivity contribution in [3.8, 4) is 0 Å². The summed E-state index contributed by atoms with van der Waals surface area (Å²) in [7, 11) is 1.62. The summed E-state index contributed by atoms with van der Waals surface area (Å²) in [5.74, 6) is -0.610. The minimum Gasteiger partial charge on any atom is -0.464 e. The maximum atomic E-state index is 12.7. The molecule has 1 unspecified atom stereocenters. The normalized spacial score (nSPS) is 11.7. The van der Waals surface area contributed by atoms with Crippen LogP contribution in [0.25, 0.3) is 0 Å². The van der Waals surface area contributed by atoms with Crippen molar-refractivity contribution in [2.75, 3.05) is 13.7 Å². The molecule has 0 spiro atoms. The van der Waals surface area contributed by atoms with Crippen LogP contribution >= 0.6 is 23.2 Å². The Labute approximate surface area is 170 Å². The fourth-order valence-corrected chi connectivity index (χ4v) is 3.01. The van der Waals surface area contributed by atoms with E-state index in [0.717, 1.165) is 16.7 Å². The zero-order chi connectivity index (χ0) is 20.0. The first-order valence-corrected chi connectivity index (χ1v) is 9.49. The van der Waals surface area contributed by atoms with E-state index in [0.29, 0.717) is 16.5 Å². The standard InChI is InChI=1S/C21H23Cl2NO3/c1-4-27-21(26)19(12-15-7-5-14(2)6-8-15)24(3)20(25)13-16-9-10-17(22)18(23)11-16/h5-11,19H,4,12-13H2,1-3H3. The molecule has 0 saturated carbocycles. The molecule has 144 valence electrons. The number of esters is 1. The van der Waals surface area contributed by atoms with E-state index in [1.807, 2.05) is 31.2 Å². The summed E-state index contributed by atoms with van der Waals surface area (Å²) in [5.41, 5.74) is 2.84. The lowest BCUT2D eigenvalue weighted by Gasteiger charge is -2.27. The Morgan fingerprint density at radius 3 is 2.26 bits per heavy atom. The number of benzene rings is 2. The molecule has 0 aromatic heterocycles. The van der Waals surface area contributed by atoms with Gasteiger partial charge in [-0.1, -0.05) is 59.1 Å². The Hall–Kier alpha value is -2.04.